The van der Waals surface area contributed by atoms with Crippen molar-refractivity contribution in [3.8, 4) is 0 Å². The van der Waals surface area contributed by atoms with Crippen molar-refractivity contribution >= 4 is 32.9 Å². The molecule has 4 nitrogen and oxygen atoms in total. The number of rotatable bonds is 2. The number of benzene rings is 3. The number of anilines is 2. The second-order valence-electron chi connectivity index (χ2n) is 7.73. The molecule has 0 aliphatic carbocycles. The molecule has 3 aromatic rings. The summed E-state index contributed by atoms with van der Waals surface area (Å²) in [5.41, 5.74) is -6.90. The van der Waals surface area contributed by atoms with Crippen molar-refractivity contribution in [1.29, 1.82) is 0 Å². The van der Waals surface area contributed by atoms with Gasteiger partial charge >= 0.3 is 24.7 Å². The van der Waals surface area contributed by atoms with Gasteiger partial charge in [0, 0.05) is 27.9 Å². The largest absolute Gasteiger partial charge is 0.430 e. The second kappa shape index (κ2) is 7.68. The van der Waals surface area contributed by atoms with Crippen LogP contribution in [0, 0.1) is 0 Å². The van der Waals surface area contributed by atoms with Crippen molar-refractivity contribution in [1.82, 2.24) is 0 Å². The number of hydrogen-bond acceptors (Lipinski definition) is 4. The lowest BCUT2D eigenvalue weighted by Gasteiger charge is -2.35. The first kappa shape index (κ1) is 27.4. The number of fused-ring (bicyclic) bond motifs is 3. The van der Waals surface area contributed by atoms with Gasteiger partial charge in [-0.2, -0.15) is 52.7 Å². The van der Waals surface area contributed by atoms with E-state index in [1.54, 1.807) is 0 Å². The fourth-order valence-corrected chi connectivity index (χ4v) is 3.89. The zero-order valence-electron chi connectivity index (χ0n) is 17.0. The summed E-state index contributed by atoms with van der Waals surface area (Å²) in [7, 11) is 0. The number of nitrogens with two attached hydrogens (primary N) is 2. The van der Waals surface area contributed by atoms with Crippen LogP contribution in [0.4, 0.5) is 64.1 Å². The van der Waals surface area contributed by atoms with E-state index in [2.05, 4.69) is 0 Å². The summed E-state index contributed by atoms with van der Waals surface area (Å²) in [5.74, 6) is 0. The highest BCUT2D eigenvalue weighted by Gasteiger charge is 2.73. The molecule has 0 unspecified atom stereocenters. The molecule has 0 fully saturated rings. The Bertz CT molecular complexity index is 1310. The van der Waals surface area contributed by atoms with E-state index >= 15 is 0 Å². The van der Waals surface area contributed by atoms with E-state index in [9.17, 15) is 62.9 Å². The predicted octanol–water partition coefficient (Wildman–Crippen LogP) is 5.78. The van der Waals surface area contributed by atoms with Crippen molar-refractivity contribution in [3.05, 3.63) is 47.5 Å². The first-order chi connectivity index (χ1) is 16.0. The summed E-state index contributed by atoms with van der Waals surface area (Å²) < 4.78 is 162. The zero-order chi connectivity index (χ0) is 27.9. The molecular formula is C20H12F12N2O2. The van der Waals surface area contributed by atoms with Crippen molar-refractivity contribution < 1.29 is 62.9 Å². The third-order valence-electron chi connectivity index (χ3n) is 5.65. The molecule has 0 amide bonds. The minimum atomic E-state index is -6.42. The number of aliphatic hydroxyl groups is 2. The lowest BCUT2D eigenvalue weighted by molar-refractivity contribution is -0.376. The Morgan fingerprint density at radius 3 is 1.39 bits per heavy atom. The van der Waals surface area contributed by atoms with E-state index in [1.165, 1.54) is 0 Å². The first-order valence-corrected chi connectivity index (χ1v) is 9.27. The van der Waals surface area contributed by atoms with Crippen molar-refractivity contribution in [2.24, 2.45) is 0 Å². The summed E-state index contributed by atoms with van der Waals surface area (Å²) in [5, 5.41) is 16.4. The van der Waals surface area contributed by atoms with Crippen LogP contribution in [0.15, 0.2) is 36.4 Å². The average Bonchev–Trinajstić information content (AvgIpc) is 2.69. The predicted molar refractivity (Wildman–Crippen MR) is 102 cm³/mol. The molecule has 0 aliphatic heterocycles. The minimum Gasteiger partial charge on any atom is -0.398 e. The monoisotopic (exact) mass is 540 g/mol. The quantitative estimate of drug-likeness (QED) is 0.188. The van der Waals surface area contributed by atoms with Crippen LogP contribution in [0.25, 0.3) is 21.5 Å². The molecule has 3 aromatic carbocycles. The Labute approximate surface area is 191 Å². The van der Waals surface area contributed by atoms with E-state index in [0.717, 1.165) is 18.2 Å². The number of hydrogen-bond donors (Lipinski definition) is 4. The highest BCUT2D eigenvalue weighted by molar-refractivity contribution is 6.14. The Morgan fingerprint density at radius 1 is 0.528 bits per heavy atom. The molecule has 0 saturated heterocycles. The van der Waals surface area contributed by atoms with Gasteiger partial charge < -0.3 is 21.7 Å². The summed E-state index contributed by atoms with van der Waals surface area (Å²) >= 11 is 0. The van der Waals surface area contributed by atoms with Crippen molar-refractivity contribution in [2.75, 3.05) is 11.5 Å². The molecular weight excluding hydrogens is 528 g/mol. The van der Waals surface area contributed by atoms with Crippen LogP contribution in [-0.2, 0) is 11.2 Å². The maximum absolute atomic E-state index is 13.6. The van der Waals surface area contributed by atoms with Crippen LogP contribution in [0.5, 0.6) is 0 Å². The van der Waals surface area contributed by atoms with Crippen LogP contribution >= 0.6 is 0 Å². The Morgan fingerprint density at radius 2 is 0.944 bits per heavy atom. The third-order valence-corrected chi connectivity index (χ3v) is 5.65. The SMILES string of the molecule is Nc1ccc2ccc3c(N)c(C(O)(C(F)(F)F)C(F)(F)F)ccc3c2c1C(O)(C(F)(F)F)C(F)(F)F. The van der Waals surface area contributed by atoms with Gasteiger partial charge in [-0.3, -0.25) is 0 Å². The number of halogens is 12. The summed E-state index contributed by atoms with van der Waals surface area (Å²) in [6.45, 7) is 0. The van der Waals surface area contributed by atoms with E-state index in [0.29, 0.717) is 12.1 Å². The van der Waals surface area contributed by atoms with Gasteiger partial charge in [0.25, 0.3) is 11.2 Å². The molecule has 6 N–H and O–H groups in total. The third kappa shape index (κ3) is 3.56. The fourth-order valence-electron chi connectivity index (χ4n) is 3.89. The van der Waals surface area contributed by atoms with Crippen LogP contribution in [0.2, 0.25) is 0 Å². The van der Waals surface area contributed by atoms with Gasteiger partial charge in [-0.05, 0) is 22.2 Å². The summed E-state index contributed by atoms with van der Waals surface area (Å²) in [6, 6.07) is 3.24. The Kier molecular flexibility index (Phi) is 5.85. The van der Waals surface area contributed by atoms with Gasteiger partial charge in [0.05, 0.1) is 0 Å². The summed E-state index contributed by atoms with van der Waals surface area (Å²) in [6.07, 6.45) is -25.6. The van der Waals surface area contributed by atoms with Gasteiger partial charge in [0.2, 0.25) is 0 Å². The minimum absolute atomic E-state index is 0.0364. The van der Waals surface area contributed by atoms with Crippen LogP contribution in [0.1, 0.15) is 11.1 Å². The maximum atomic E-state index is 13.6. The van der Waals surface area contributed by atoms with E-state index < -0.39 is 80.0 Å². The molecule has 0 radical (unpaired) electrons. The summed E-state index contributed by atoms with van der Waals surface area (Å²) in [4.78, 5) is 0. The van der Waals surface area contributed by atoms with Gasteiger partial charge in [-0.15, -0.1) is 0 Å². The molecule has 0 atom stereocenters. The van der Waals surface area contributed by atoms with E-state index in [4.69, 9.17) is 11.5 Å². The molecule has 0 heterocycles. The van der Waals surface area contributed by atoms with Crippen molar-refractivity contribution in [3.63, 3.8) is 0 Å². The van der Waals surface area contributed by atoms with E-state index in [-0.39, 0.29) is 6.07 Å². The van der Waals surface area contributed by atoms with Crippen molar-refractivity contribution in [2.45, 2.75) is 35.9 Å². The topological polar surface area (TPSA) is 92.5 Å². The molecule has 0 saturated carbocycles. The fraction of sp³-hybridized carbons (Fsp3) is 0.300. The Hall–Kier alpha value is -3.14. The standard InChI is InChI=1S/C20H12F12N2O2/c21-17(22,23)15(35,18(24,25)26)10-5-4-8-9(14(10)34)3-1-7-2-6-11(33)13(12(7)8)16(36,19(27,28)29)20(30,31)32/h1-6,35-36H,33-34H2. The molecule has 0 aliphatic rings. The highest BCUT2D eigenvalue weighted by Crippen LogP contribution is 2.56. The Balaban J connectivity index is 2.57. The molecule has 36 heavy (non-hydrogen) atoms. The molecule has 198 valence electrons. The van der Waals surface area contributed by atoms with Crippen LogP contribution in [-0.4, -0.2) is 34.9 Å². The van der Waals surface area contributed by atoms with Gasteiger partial charge in [0.1, 0.15) is 0 Å². The van der Waals surface area contributed by atoms with Gasteiger partial charge in [-0.25, -0.2) is 0 Å². The normalized spacial score (nSPS) is 14.6. The van der Waals surface area contributed by atoms with Gasteiger partial charge in [0.15, 0.2) is 0 Å². The molecule has 0 spiro atoms. The first-order valence-electron chi connectivity index (χ1n) is 9.27. The van der Waals surface area contributed by atoms with Crippen LogP contribution in [0.3, 0.4) is 0 Å². The lowest BCUT2D eigenvalue weighted by atomic mass is 9.83. The zero-order valence-corrected chi connectivity index (χ0v) is 17.0. The smallest absolute Gasteiger partial charge is 0.398 e. The van der Waals surface area contributed by atoms with Gasteiger partial charge in [-0.1, -0.05) is 30.3 Å². The molecule has 3 rings (SSSR count). The second-order valence-corrected chi connectivity index (χ2v) is 7.73. The molecule has 16 heteroatoms. The highest BCUT2D eigenvalue weighted by atomic mass is 19.4. The average molecular weight is 540 g/mol. The molecule has 0 aromatic heterocycles. The number of alkyl halides is 12. The van der Waals surface area contributed by atoms with Crippen LogP contribution < -0.4 is 11.5 Å². The van der Waals surface area contributed by atoms with E-state index in [1.807, 2.05) is 0 Å². The number of nitrogen functional groups attached to an aromatic ring is 2. The maximum Gasteiger partial charge on any atom is 0.430 e. The lowest BCUT2D eigenvalue weighted by Crippen LogP contribution is -2.54. The molecule has 0 bridgehead atoms.